The van der Waals surface area contributed by atoms with Crippen LogP contribution in [0, 0.1) is 0 Å². The third-order valence-electron chi connectivity index (χ3n) is 3.12. The molecule has 1 amide bonds. The number of amides is 1. The van der Waals surface area contributed by atoms with Crippen molar-refractivity contribution in [2.45, 2.75) is 18.9 Å². The molecule has 0 aromatic carbocycles. The molecule has 0 radical (unpaired) electrons. The van der Waals surface area contributed by atoms with Crippen molar-refractivity contribution >= 4 is 23.2 Å². The first-order valence-corrected chi connectivity index (χ1v) is 6.10. The molecule has 0 saturated carbocycles. The Morgan fingerprint density at radius 1 is 1.58 bits per heavy atom. The number of nitrogens with one attached hydrogen (secondary N) is 3. The fraction of sp³-hybridized carbons (Fsp3) is 0.364. The Morgan fingerprint density at radius 3 is 3.21 bits per heavy atom. The van der Waals surface area contributed by atoms with Crippen LogP contribution in [0.4, 0.5) is 11.6 Å². The molecule has 5 N–H and O–H groups in total. The minimum atomic E-state index is 0.100. The summed E-state index contributed by atoms with van der Waals surface area (Å²) in [5.74, 6) is 6.67. The summed E-state index contributed by atoms with van der Waals surface area (Å²) < 4.78 is 1.83. The molecule has 1 atom stereocenters. The first-order valence-electron chi connectivity index (χ1n) is 6.10. The van der Waals surface area contributed by atoms with Gasteiger partial charge in [0.25, 0.3) is 0 Å². The molecule has 1 unspecified atom stereocenters. The number of nitrogens with two attached hydrogens (primary N) is 1. The van der Waals surface area contributed by atoms with Gasteiger partial charge in [0.1, 0.15) is 0 Å². The van der Waals surface area contributed by atoms with Crippen molar-refractivity contribution in [3.05, 3.63) is 18.6 Å². The maximum Gasteiger partial charge on any atom is 0.220 e. The van der Waals surface area contributed by atoms with Crippen LogP contribution < -0.4 is 21.9 Å². The van der Waals surface area contributed by atoms with Crippen molar-refractivity contribution in [2.75, 3.05) is 17.3 Å². The lowest BCUT2D eigenvalue weighted by Crippen LogP contribution is -2.32. The SMILES string of the molecule is NNc1cn2ccnc2c(NCC2CCC(=O)N2)n1. The highest BCUT2D eigenvalue weighted by atomic mass is 16.1. The van der Waals surface area contributed by atoms with Gasteiger partial charge in [-0.15, -0.1) is 0 Å². The monoisotopic (exact) mass is 261 g/mol. The van der Waals surface area contributed by atoms with E-state index in [4.69, 9.17) is 5.84 Å². The van der Waals surface area contributed by atoms with Crippen LogP contribution in [0.1, 0.15) is 12.8 Å². The Kier molecular flexibility index (Phi) is 2.92. The van der Waals surface area contributed by atoms with Gasteiger partial charge in [0, 0.05) is 31.4 Å². The summed E-state index contributed by atoms with van der Waals surface area (Å²) >= 11 is 0. The van der Waals surface area contributed by atoms with E-state index in [0.717, 1.165) is 12.1 Å². The highest BCUT2D eigenvalue weighted by molar-refractivity contribution is 5.78. The molecule has 0 spiro atoms. The number of hydrazine groups is 1. The molecule has 3 rings (SSSR count). The van der Waals surface area contributed by atoms with E-state index in [1.807, 2.05) is 10.6 Å². The Morgan fingerprint density at radius 2 is 2.47 bits per heavy atom. The van der Waals surface area contributed by atoms with Gasteiger partial charge in [-0.1, -0.05) is 0 Å². The Hall–Kier alpha value is -2.35. The molecule has 100 valence electrons. The average Bonchev–Trinajstić information content (AvgIpc) is 3.04. The Labute approximate surface area is 109 Å². The summed E-state index contributed by atoms with van der Waals surface area (Å²) in [4.78, 5) is 19.7. The van der Waals surface area contributed by atoms with Gasteiger partial charge < -0.3 is 20.5 Å². The fourth-order valence-electron chi connectivity index (χ4n) is 2.17. The largest absolute Gasteiger partial charge is 0.365 e. The Balaban J connectivity index is 1.79. The summed E-state index contributed by atoms with van der Waals surface area (Å²) in [6.45, 7) is 0.620. The van der Waals surface area contributed by atoms with Gasteiger partial charge in [0.2, 0.25) is 5.91 Å². The number of nitrogens with zero attached hydrogens (tertiary/aromatic N) is 3. The lowest BCUT2D eigenvalue weighted by atomic mass is 10.2. The van der Waals surface area contributed by atoms with E-state index in [9.17, 15) is 4.79 Å². The predicted octanol–water partition coefficient (Wildman–Crippen LogP) is -0.295. The Bertz CT molecular complexity index is 608. The molecule has 1 fully saturated rings. The molecule has 3 heterocycles. The second-order valence-electron chi connectivity index (χ2n) is 4.46. The first-order chi connectivity index (χ1) is 9.26. The van der Waals surface area contributed by atoms with E-state index >= 15 is 0 Å². The van der Waals surface area contributed by atoms with E-state index in [1.54, 1.807) is 12.4 Å². The molecule has 0 bridgehead atoms. The highest BCUT2D eigenvalue weighted by Gasteiger charge is 2.20. The maximum absolute atomic E-state index is 11.1. The molecular formula is C11H15N7O. The van der Waals surface area contributed by atoms with Crippen molar-refractivity contribution in [3.63, 3.8) is 0 Å². The molecule has 2 aromatic rings. The quantitative estimate of drug-likeness (QED) is 0.444. The summed E-state index contributed by atoms with van der Waals surface area (Å²) in [6.07, 6.45) is 6.69. The van der Waals surface area contributed by atoms with Gasteiger partial charge in [0.15, 0.2) is 17.3 Å². The van der Waals surface area contributed by atoms with Crippen molar-refractivity contribution in [1.82, 2.24) is 19.7 Å². The zero-order chi connectivity index (χ0) is 13.2. The van der Waals surface area contributed by atoms with E-state index in [-0.39, 0.29) is 11.9 Å². The van der Waals surface area contributed by atoms with Crippen LogP contribution in [-0.2, 0) is 4.79 Å². The average molecular weight is 261 g/mol. The smallest absolute Gasteiger partial charge is 0.220 e. The summed E-state index contributed by atoms with van der Waals surface area (Å²) in [6, 6.07) is 0.138. The number of imidazole rings is 1. The number of hydrogen-bond acceptors (Lipinski definition) is 6. The summed E-state index contributed by atoms with van der Waals surface area (Å²) in [5.41, 5.74) is 3.24. The number of carbonyl (C=O) groups excluding carboxylic acids is 1. The van der Waals surface area contributed by atoms with Gasteiger partial charge in [-0.3, -0.25) is 4.79 Å². The van der Waals surface area contributed by atoms with Gasteiger partial charge in [-0.25, -0.2) is 15.8 Å². The zero-order valence-corrected chi connectivity index (χ0v) is 10.3. The predicted molar refractivity (Wildman–Crippen MR) is 70.5 cm³/mol. The normalized spacial score (nSPS) is 18.6. The molecule has 8 nitrogen and oxygen atoms in total. The molecule has 0 aliphatic carbocycles. The number of hydrogen-bond donors (Lipinski definition) is 4. The molecule has 2 aromatic heterocycles. The minimum Gasteiger partial charge on any atom is -0.365 e. The maximum atomic E-state index is 11.1. The summed E-state index contributed by atoms with van der Waals surface area (Å²) in [7, 11) is 0. The van der Waals surface area contributed by atoms with Crippen LogP contribution in [0.25, 0.3) is 5.65 Å². The van der Waals surface area contributed by atoms with Crippen LogP contribution in [0.2, 0.25) is 0 Å². The van der Waals surface area contributed by atoms with Crippen LogP contribution in [-0.4, -0.2) is 32.9 Å². The lowest BCUT2D eigenvalue weighted by Gasteiger charge is -2.13. The van der Waals surface area contributed by atoms with E-state index in [0.29, 0.717) is 24.6 Å². The van der Waals surface area contributed by atoms with Gasteiger partial charge in [-0.2, -0.15) is 0 Å². The number of rotatable bonds is 4. The number of anilines is 2. The molecular weight excluding hydrogens is 246 g/mol. The van der Waals surface area contributed by atoms with Gasteiger partial charge in [0.05, 0.1) is 6.20 Å². The van der Waals surface area contributed by atoms with Crippen molar-refractivity contribution < 1.29 is 4.79 Å². The van der Waals surface area contributed by atoms with Crippen LogP contribution >= 0.6 is 0 Å². The third-order valence-corrected chi connectivity index (χ3v) is 3.12. The number of nitrogen functional groups attached to an aromatic ring is 1. The fourth-order valence-corrected chi connectivity index (χ4v) is 2.17. The second kappa shape index (κ2) is 4.73. The van der Waals surface area contributed by atoms with Crippen LogP contribution in [0.5, 0.6) is 0 Å². The van der Waals surface area contributed by atoms with E-state index in [2.05, 4.69) is 26.0 Å². The van der Waals surface area contributed by atoms with Crippen molar-refractivity contribution in [2.24, 2.45) is 5.84 Å². The third kappa shape index (κ3) is 2.29. The molecule has 1 saturated heterocycles. The highest BCUT2D eigenvalue weighted by Crippen LogP contribution is 2.16. The van der Waals surface area contributed by atoms with Crippen LogP contribution in [0.15, 0.2) is 18.6 Å². The number of fused-ring (bicyclic) bond motifs is 1. The van der Waals surface area contributed by atoms with Crippen molar-refractivity contribution in [1.29, 1.82) is 0 Å². The minimum absolute atomic E-state index is 0.100. The standard InChI is InChI=1S/C11H15N7O/c12-17-8-6-18-4-3-13-11(18)10(16-8)14-5-7-1-2-9(19)15-7/h3-4,6-7,17H,1-2,5,12H2,(H,14,16)(H,15,19). The zero-order valence-electron chi connectivity index (χ0n) is 10.3. The number of aromatic nitrogens is 3. The molecule has 1 aliphatic rings. The number of carbonyl (C=O) groups is 1. The lowest BCUT2D eigenvalue weighted by molar-refractivity contribution is -0.119. The first kappa shape index (κ1) is 11.7. The van der Waals surface area contributed by atoms with Crippen molar-refractivity contribution in [3.8, 4) is 0 Å². The topological polar surface area (TPSA) is 109 Å². The molecule has 1 aliphatic heterocycles. The molecule has 19 heavy (non-hydrogen) atoms. The van der Waals surface area contributed by atoms with Gasteiger partial charge >= 0.3 is 0 Å². The summed E-state index contributed by atoms with van der Waals surface area (Å²) in [5, 5.41) is 6.10. The van der Waals surface area contributed by atoms with Gasteiger partial charge in [-0.05, 0) is 6.42 Å². The van der Waals surface area contributed by atoms with E-state index < -0.39 is 0 Å². The molecule has 8 heteroatoms. The second-order valence-corrected chi connectivity index (χ2v) is 4.46. The van der Waals surface area contributed by atoms with Crippen LogP contribution in [0.3, 0.4) is 0 Å². The van der Waals surface area contributed by atoms with E-state index in [1.165, 1.54) is 0 Å².